The summed E-state index contributed by atoms with van der Waals surface area (Å²) < 4.78 is 15.8. The number of carbonyl (C=O) groups is 1. The highest BCUT2D eigenvalue weighted by Crippen LogP contribution is 2.25. The normalized spacial score (nSPS) is 10.9. The largest absolute Gasteiger partial charge is 0.426 e. The van der Waals surface area contributed by atoms with Crippen LogP contribution in [0.15, 0.2) is 62.3 Å². The van der Waals surface area contributed by atoms with Gasteiger partial charge in [-0.05, 0) is 25.1 Å². The molecule has 28 heavy (non-hydrogen) atoms. The minimum atomic E-state index is -0.620. The van der Waals surface area contributed by atoms with Gasteiger partial charge in [-0.25, -0.2) is 4.79 Å². The molecule has 0 unspecified atom stereocenters. The number of esters is 1. The third-order valence-electron chi connectivity index (χ3n) is 4.19. The Labute approximate surface area is 159 Å². The lowest BCUT2D eigenvalue weighted by Crippen LogP contribution is -2.06. The van der Waals surface area contributed by atoms with Crippen molar-refractivity contribution in [3.8, 4) is 28.6 Å². The Morgan fingerprint density at radius 3 is 2.64 bits per heavy atom. The van der Waals surface area contributed by atoms with E-state index in [9.17, 15) is 9.59 Å². The summed E-state index contributed by atoms with van der Waals surface area (Å²) in [5, 5.41) is 4.59. The van der Waals surface area contributed by atoms with Gasteiger partial charge in [-0.1, -0.05) is 41.9 Å². The molecule has 7 heteroatoms. The van der Waals surface area contributed by atoms with Crippen LogP contribution < -0.4 is 10.4 Å². The van der Waals surface area contributed by atoms with E-state index in [4.69, 9.17) is 13.7 Å². The zero-order chi connectivity index (χ0) is 19.7. The van der Waals surface area contributed by atoms with E-state index in [0.29, 0.717) is 22.5 Å². The fraction of sp³-hybridized carbons (Fsp3) is 0.143. The quantitative estimate of drug-likeness (QED) is 0.300. The van der Waals surface area contributed by atoms with Crippen molar-refractivity contribution < 1.29 is 18.5 Å². The highest BCUT2D eigenvalue weighted by Gasteiger charge is 2.16. The van der Waals surface area contributed by atoms with E-state index in [0.717, 1.165) is 11.1 Å². The number of carbonyl (C=O) groups excluding carboxylic acids is 1. The van der Waals surface area contributed by atoms with E-state index in [-0.39, 0.29) is 23.8 Å². The van der Waals surface area contributed by atoms with Gasteiger partial charge in [0, 0.05) is 23.4 Å². The van der Waals surface area contributed by atoms with Crippen LogP contribution in [0.25, 0.3) is 33.8 Å². The molecule has 4 rings (SSSR count). The maximum absolute atomic E-state index is 12.4. The highest BCUT2D eigenvalue weighted by molar-refractivity contribution is 5.82. The number of rotatable bonds is 4. The van der Waals surface area contributed by atoms with E-state index in [1.165, 1.54) is 6.07 Å². The summed E-state index contributed by atoms with van der Waals surface area (Å²) in [6, 6.07) is 14.1. The number of hydrogen-bond donors (Lipinski definition) is 0. The molecule has 0 radical (unpaired) electrons. The van der Waals surface area contributed by atoms with Crippen molar-refractivity contribution in [1.29, 1.82) is 0 Å². The molecule has 4 aromatic rings. The molecular weight excluding hydrogens is 360 g/mol. The summed E-state index contributed by atoms with van der Waals surface area (Å²) in [6.07, 6.45) is 0.251. The van der Waals surface area contributed by atoms with Crippen molar-refractivity contribution in [2.45, 2.75) is 20.3 Å². The molecule has 0 saturated carbocycles. The summed E-state index contributed by atoms with van der Waals surface area (Å²) in [6.45, 7) is 3.69. The number of ether oxygens (including phenoxy) is 1. The predicted octanol–water partition coefficient (Wildman–Crippen LogP) is 4.13. The first-order valence-corrected chi connectivity index (χ1v) is 8.73. The molecule has 0 aliphatic carbocycles. The van der Waals surface area contributed by atoms with E-state index in [2.05, 4.69) is 10.1 Å². The second-order valence-electron chi connectivity index (χ2n) is 6.26. The minimum Gasteiger partial charge on any atom is -0.426 e. The maximum Gasteiger partial charge on any atom is 0.349 e. The van der Waals surface area contributed by atoms with Crippen LogP contribution in [0.4, 0.5) is 0 Å². The van der Waals surface area contributed by atoms with Gasteiger partial charge in [0.15, 0.2) is 0 Å². The van der Waals surface area contributed by atoms with Gasteiger partial charge in [0.25, 0.3) is 5.89 Å². The van der Waals surface area contributed by atoms with Gasteiger partial charge in [0.1, 0.15) is 16.9 Å². The molecule has 140 valence electrons. The van der Waals surface area contributed by atoms with Crippen LogP contribution in [0, 0.1) is 6.92 Å². The molecule has 7 nitrogen and oxygen atoms in total. The maximum atomic E-state index is 12.4. The Hall–Kier alpha value is -3.74. The molecular formula is C21H16N2O5. The molecule has 2 heterocycles. The van der Waals surface area contributed by atoms with Crippen LogP contribution in [0.3, 0.4) is 0 Å². The molecule has 0 aliphatic rings. The monoisotopic (exact) mass is 376 g/mol. The summed E-state index contributed by atoms with van der Waals surface area (Å²) in [4.78, 5) is 28.1. The molecule has 2 aromatic heterocycles. The van der Waals surface area contributed by atoms with Crippen LogP contribution in [-0.2, 0) is 4.79 Å². The van der Waals surface area contributed by atoms with E-state index in [1.54, 1.807) is 25.1 Å². The summed E-state index contributed by atoms with van der Waals surface area (Å²) in [5.74, 6) is 0.409. The topological polar surface area (TPSA) is 95.4 Å². The van der Waals surface area contributed by atoms with Gasteiger partial charge in [-0.15, -0.1) is 0 Å². The van der Waals surface area contributed by atoms with Gasteiger partial charge in [0.05, 0.1) is 0 Å². The third-order valence-corrected chi connectivity index (χ3v) is 4.19. The summed E-state index contributed by atoms with van der Waals surface area (Å²) in [5.41, 5.74) is 1.75. The minimum absolute atomic E-state index is 0.0766. The van der Waals surface area contributed by atoms with Gasteiger partial charge < -0.3 is 13.7 Å². The second-order valence-corrected chi connectivity index (χ2v) is 6.26. The average Bonchev–Trinajstić information content (AvgIpc) is 3.17. The van der Waals surface area contributed by atoms with Gasteiger partial charge in [-0.2, -0.15) is 4.98 Å². The van der Waals surface area contributed by atoms with Crippen LogP contribution in [0.5, 0.6) is 5.75 Å². The highest BCUT2D eigenvalue weighted by atomic mass is 16.5. The number of fused-ring (bicyclic) bond motifs is 1. The lowest BCUT2D eigenvalue weighted by atomic mass is 10.1. The lowest BCUT2D eigenvalue weighted by molar-refractivity contribution is -0.134. The molecule has 0 amide bonds. The van der Waals surface area contributed by atoms with Gasteiger partial charge >= 0.3 is 11.6 Å². The Bertz CT molecular complexity index is 1220. The van der Waals surface area contributed by atoms with Crippen LogP contribution in [0.2, 0.25) is 0 Å². The molecule has 0 fully saturated rings. The van der Waals surface area contributed by atoms with Crippen LogP contribution in [0.1, 0.15) is 18.9 Å². The number of aromatic nitrogens is 2. The molecule has 2 aromatic carbocycles. The zero-order valence-electron chi connectivity index (χ0n) is 15.3. The van der Waals surface area contributed by atoms with Gasteiger partial charge in [-0.3, -0.25) is 4.79 Å². The Kier molecular flexibility index (Phi) is 4.49. The molecule has 0 bridgehead atoms. The summed E-state index contributed by atoms with van der Waals surface area (Å²) in [7, 11) is 0. The first-order chi connectivity index (χ1) is 13.5. The lowest BCUT2D eigenvalue weighted by Gasteiger charge is -2.04. The van der Waals surface area contributed by atoms with Crippen molar-refractivity contribution in [3.63, 3.8) is 0 Å². The molecule has 0 atom stereocenters. The summed E-state index contributed by atoms with van der Waals surface area (Å²) >= 11 is 0. The van der Waals surface area contributed by atoms with Crippen LogP contribution >= 0.6 is 0 Å². The van der Waals surface area contributed by atoms with Crippen molar-refractivity contribution >= 4 is 16.9 Å². The third kappa shape index (κ3) is 3.42. The van der Waals surface area contributed by atoms with E-state index < -0.39 is 5.63 Å². The first kappa shape index (κ1) is 17.7. The molecule has 0 N–H and O–H groups in total. The van der Waals surface area contributed by atoms with Crippen molar-refractivity contribution in [1.82, 2.24) is 10.1 Å². The smallest absolute Gasteiger partial charge is 0.349 e. The number of hydrogen-bond acceptors (Lipinski definition) is 7. The fourth-order valence-electron chi connectivity index (χ4n) is 2.66. The Morgan fingerprint density at radius 2 is 1.89 bits per heavy atom. The van der Waals surface area contributed by atoms with Gasteiger partial charge in [0.2, 0.25) is 5.82 Å². The molecule has 0 spiro atoms. The van der Waals surface area contributed by atoms with Crippen molar-refractivity contribution in [2.24, 2.45) is 0 Å². The number of aryl methyl sites for hydroxylation is 1. The van der Waals surface area contributed by atoms with E-state index in [1.807, 2.05) is 31.2 Å². The second kappa shape index (κ2) is 7.11. The van der Waals surface area contributed by atoms with Crippen molar-refractivity contribution in [3.05, 3.63) is 64.5 Å². The van der Waals surface area contributed by atoms with E-state index >= 15 is 0 Å². The molecule has 0 saturated heterocycles. The van der Waals surface area contributed by atoms with Crippen molar-refractivity contribution in [2.75, 3.05) is 0 Å². The average molecular weight is 376 g/mol. The Balaban J connectivity index is 1.70. The first-order valence-electron chi connectivity index (χ1n) is 8.73. The zero-order valence-corrected chi connectivity index (χ0v) is 15.3. The number of benzene rings is 2. The standard InChI is InChI=1S/C21H16N2O5/c1-3-18(24)26-15-9-8-14-10-16(21(25)27-17(14)11-15)20-22-19(23-28-20)13-6-4-12(2)5-7-13/h4-11H,3H2,1-2H3. The SMILES string of the molecule is CCC(=O)Oc1ccc2cc(-c3nc(-c4ccc(C)cc4)no3)c(=O)oc2c1. The molecule has 0 aliphatic heterocycles. The fourth-order valence-corrected chi connectivity index (χ4v) is 2.66. The number of nitrogens with zero attached hydrogens (tertiary/aromatic N) is 2. The predicted molar refractivity (Wildman–Crippen MR) is 102 cm³/mol. The Morgan fingerprint density at radius 1 is 1.11 bits per heavy atom. The van der Waals surface area contributed by atoms with Crippen LogP contribution in [-0.4, -0.2) is 16.1 Å².